The second kappa shape index (κ2) is 5.84. The molecule has 2 unspecified atom stereocenters. The Kier molecular flexibility index (Phi) is 4.11. The highest BCUT2D eigenvalue weighted by molar-refractivity contribution is 5.28. The number of benzene rings is 1. The third-order valence-electron chi connectivity index (χ3n) is 4.70. The maximum Gasteiger partial charge on any atom is 0.0951 e. The number of ether oxygens (including phenoxy) is 2. The molecule has 2 fully saturated rings. The van der Waals surface area contributed by atoms with Gasteiger partial charge in [-0.05, 0) is 37.8 Å². The highest BCUT2D eigenvalue weighted by Gasteiger charge is 2.41. The molecule has 1 N–H and O–H groups in total. The van der Waals surface area contributed by atoms with Gasteiger partial charge in [0.1, 0.15) is 0 Å². The molecule has 2 aliphatic rings. The summed E-state index contributed by atoms with van der Waals surface area (Å²) >= 11 is 0. The molecule has 2 saturated heterocycles. The summed E-state index contributed by atoms with van der Waals surface area (Å²) in [7, 11) is 0. The molecule has 1 aromatic rings. The molecule has 0 radical (unpaired) electrons. The van der Waals surface area contributed by atoms with Crippen LogP contribution < -0.4 is 5.32 Å². The Hall–Kier alpha value is -0.900. The van der Waals surface area contributed by atoms with E-state index < -0.39 is 0 Å². The van der Waals surface area contributed by atoms with Crippen molar-refractivity contribution in [1.29, 1.82) is 0 Å². The smallest absolute Gasteiger partial charge is 0.0951 e. The van der Waals surface area contributed by atoms with Gasteiger partial charge in [0.15, 0.2) is 0 Å². The van der Waals surface area contributed by atoms with Crippen LogP contribution in [0, 0.1) is 6.92 Å². The van der Waals surface area contributed by atoms with Crippen LogP contribution >= 0.6 is 0 Å². The fraction of sp³-hybridized carbons (Fsp3) is 0.647. The van der Waals surface area contributed by atoms with E-state index >= 15 is 0 Å². The Labute approximate surface area is 121 Å². The summed E-state index contributed by atoms with van der Waals surface area (Å²) in [5, 5.41) is 3.79. The zero-order valence-corrected chi connectivity index (χ0v) is 12.5. The summed E-state index contributed by atoms with van der Waals surface area (Å²) < 4.78 is 11.5. The topological polar surface area (TPSA) is 30.5 Å². The van der Waals surface area contributed by atoms with Gasteiger partial charge in [0.2, 0.25) is 0 Å². The van der Waals surface area contributed by atoms with E-state index in [0.29, 0.717) is 12.1 Å². The molecule has 0 amide bonds. The Morgan fingerprint density at radius 2 is 2.15 bits per heavy atom. The van der Waals surface area contributed by atoms with Crippen molar-refractivity contribution in [2.24, 2.45) is 0 Å². The van der Waals surface area contributed by atoms with Crippen molar-refractivity contribution in [2.45, 2.75) is 50.8 Å². The number of hydrogen-bond donors (Lipinski definition) is 1. The standard InChI is InChI=1S/C17H25NO2/c1-13-5-3-4-6-16(13)14(2)18-15-7-9-20-17(11-15)8-10-19-12-17/h3-6,14-15,18H,7-12H2,1-2H3/t14-,15?,17?/m0/s1. The van der Waals surface area contributed by atoms with Crippen molar-refractivity contribution in [1.82, 2.24) is 5.32 Å². The number of hydrogen-bond acceptors (Lipinski definition) is 3. The zero-order valence-electron chi connectivity index (χ0n) is 12.5. The van der Waals surface area contributed by atoms with Gasteiger partial charge in [-0.2, -0.15) is 0 Å². The molecule has 3 nitrogen and oxygen atoms in total. The lowest BCUT2D eigenvalue weighted by atomic mass is 9.89. The SMILES string of the molecule is Cc1ccccc1[C@H](C)NC1CCOC2(CCOC2)C1. The lowest BCUT2D eigenvalue weighted by Crippen LogP contribution is -2.48. The normalized spacial score (nSPS) is 31.6. The van der Waals surface area contributed by atoms with Gasteiger partial charge in [0.05, 0.1) is 12.2 Å². The van der Waals surface area contributed by atoms with Gasteiger partial charge in [-0.1, -0.05) is 24.3 Å². The molecule has 110 valence electrons. The minimum Gasteiger partial charge on any atom is -0.378 e. The Balaban J connectivity index is 1.64. The van der Waals surface area contributed by atoms with Crippen molar-refractivity contribution in [2.75, 3.05) is 19.8 Å². The van der Waals surface area contributed by atoms with Crippen molar-refractivity contribution in [3.8, 4) is 0 Å². The van der Waals surface area contributed by atoms with E-state index in [1.165, 1.54) is 11.1 Å². The fourth-order valence-corrected chi connectivity index (χ4v) is 3.55. The fourth-order valence-electron chi connectivity index (χ4n) is 3.55. The summed E-state index contributed by atoms with van der Waals surface area (Å²) in [6.45, 7) is 6.91. The van der Waals surface area contributed by atoms with Gasteiger partial charge < -0.3 is 14.8 Å². The Bertz CT molecular complexity index is 454. The molecule has 0 aromatic heterocycles. The van der Waals surface area contributed by atoms with Gasteiger partial charge in [-0.15, -0.1) is 0 Å². The summed E-state index contributed by atoms with van der Waals surface area (Å²) in [4.78, 5) is 0. The molecule has 2 heterocycles. The average Bonchev–Trinajstić information content (AvgIpc) is 2.87. The first-order valence-electron chi connectivity index (χ1n) is 7.72. The van der Waals surface area contributed by atoms with Crippen molar-refractivity contribution >= 4 is 0 Å². The zero-order chi connectivity index (χ0) is 14.0. The van der Waals surface area contributed by atoms with Crippen molar-refractivity contribution in [3.05, 3.63) is 35.4 Å². The third kappa shape index (κ3) is 2.90. The molecule has 3 heteroatoms. The van der Waals surface area contributed by atoms with Crippen LogP contribution in [0.5, 0.6) is 0 Å². The van der Waals surface area contributed by atoms with Gasteiger partial charge in [-0.25, -0.2) is 0 Å². The van der Waals surface area contributed by atoms with Crippen LogP contribution in [0.4, 0.5) is 0 Å². The van der Waals surface area contributed by atoms with E-state index in [0.717, 1.165) is 39.1 Å². The minimum absolute atomic E-state index is 0.0125. The van der Waals surface area contributed by atoms with Gasteiger partial charge in [-0.3, -0.25) is 0 Å². The molecule has 0 bridgehead atoms. The van der Waals surface area contributed by atoms with Gasteiger partial charge >= 0.3 is 0 Å². The van der Waals surface area contributed by atoms with Crippen LogP contribution in [0.25, 0.3) is 0 Å². The molecule has 0 saturated carbocycles. The van der Waals surface area contributed by atoms with E-state index in [-0.39, 0.29) is 5.60 Å². The van der Waals surface area contributed by atoms with Crippen molar-refractivity contribution in [3.63, 3.8) is 0 Å². The number of rotatable bonds is 3. The van der Waals surface area contributed by atoms with Crippen LogP contribution in [-0.2, 0) is 9.47 Å². The van der Waals surface area contributed by atoms with Crippen LogP contribution in [0.1, 0.15) is 43.4 Å². The van der Waals surface area contributed by atoms with Crippen LogP contribution in [0.15, 0.2) is 24.3 Å². The Morgan fingerprint density at radius 3 is 2.90 bits per heavy atom. The molecular weight excluding hydrogens is 250 g/mol. The first kappa shape index (κ1) is 14.1. The second-order valence-electron chi connectivity index (χ2n) is 6.27. The predicted molar refractivity (Wildman–Crippen MR) is 79.9 cm³/mol. The maximum atomic E-state index is 6.00. The lowest BCUT2D eigenvalue weighted by Gasteiger charge is -2.38. The molecule has 0 aliphatic carbocycles. The summed E-state index contributed by atoms with van der Waals surface area (Å²) in [6.07, 6.45) is 3.21. The first-order chi connectivity index (χ1) is 9.69. The van der Waals surface area contributed by atoms with E-state index in [9.17, 15) is 0 Å². The number of aryl methyl sites for hydroxylation is 1. The van der Waals surface area contributed by atoms with E-state index in [4.69, 9.17) is 9.47 Å². The molecule has 2 aliphatic heterocycles. The third-order valence-corrected chi connectivity index (χ3v) is 4.70. The summed E-state index contributed by atoms with van der Waals surface area (Å²) in [6, 6.07) is 9.55. The predicted octanol–water partition coefficient (Wildman–Crippen LogP) is 2.98. The summed E-state index contributed by atoms with van der Waals surface area (Å²) in [5.41, 5.74) is 2.75. The monoisotopic (exact) mass is 275 g/mol. The highest BCUT2D eigenvalue weighted by atomic mass is 16.6. The van der Waals surface area contributed by atoms with Crippen molar-refractivity contribution < 1.29 is 9.47 Å². The molecule has 3 atom stereocenters. The first-order valence-corrected chi connectivity index (χ1v) is 7.72. The molecule has 1 aromatic carbocycles. The van der Waals surface area contributed by atoms with Crippen LogP contribution in [0.3, 0.4) is 0 Å². The average molecular weight is 275 g/mol. The summed E-state index contributed by atoms with van der Waals surface area (Å²) in [5.74, 6) is 0. The van der Waals surface area contributed by atoms with Crippen LogP contribution in [0.2, 0.25) is 0 Å². The van der Waals surface area contributed by atoms with Gasteiger partial charge in [0, 0.05) is 31.7 Å². The second-order valence-corrected chi connectivity index (χ2v) is 6.27. The van der Waals surface area contributed by atoms with Crippen LogP contribution in [-0.4, -0.2) is 31.5 Å². The molecule has 1 spiro atoms. The van der Waals surface area contributed by atoms with Gasteiger partial charge in [0.25, 0.3) is 0 Å². The van der Waals surface area contributed by atoms with E-state index in [1.807, 2.05) is 0 Å². The molecule has 3 rings (SSSR count). The largest absolute Gasteiger partial charge is 0.378 e. The molecular formula is C17H25NO2. The maximum absolute atomic E-state index is 6.00. The van der Waals surface area contributed by atoms with E-state index in [2.05, 4.69) is 43.4 Å². The Morgan fingerprint density at radius 1 is 1.30 bits per heavy atom. The lowest BCUT2D eigenvalue weighted by molar-refractivity contribution is -0.0902. The van der Waals surface area contributed by atoms with E-state index in [1.54, 1.807) is 0 Å². The quantitative estimate of drug-likeness (QED) is 0.920. The molecule has 20 heavy (non-hydrogen) atoms. The number of nitrogens with one attached hydrogen (secondary N) is 1. The minimum atomic E-state index is -0.0125. The highest BCUT2D eigenvalue weighted by Crippen LogP contribution is 2.33.